The first-order chi connectivity index (χ1) is 15.3. The van der Waals surface area contributed by atoms with Gasteiger partial charge < -0.3 is 19.2 Å². The van der Waals surface area contributed by atoms with Gasteiger partial charge in [-0.15, -0.1) is 10.2 Å². The summed E-state index contributed by atoms with van der Waals surface area (Å²) in [6, 6.07) is 12.6. The Kier molecular flexibility index (Phi) is 4.81. The third-order valence-electron chi connectivity index (χ3n) is 5.38. The van der Waals surface area contributed by atoms with Crippen LogP contribution in [0.2, 0.25) is 0 Å². The van der Waals surface area contributed by atoms with Crippen molar-refractivity contribution >= 4 is 35.0 Å². The normalized spacial score (nSPS) is 17.0. The van der Waals surface area contributed by atoms with E-state index in [-0.39, 0.29) is 23.8 Å². The lowest BCUT2D eigenvalue weighted by Gasteiger charge is -2.42. The van der Waals surface area contributed by atoms with E-state index in [4.69, 9.17) is 13.9 Å². The van der Waals surface area contributed by atoms with Gasteiger partial charge in [-0.1, -0.05) is 23.9 Å². The lowest BCUT2D eigenvalue weighted by molar-refractivity contribution is -0.126. The molecule has 2 amide bonds. The van der Waals surface area contributed by atoms with Gasteiger partial charge in [-0.2, -0.15) is 0 Å². The topological polar surface area (TPSA) is 107 Å². The van der Waals surface area contributed by atoms with Gasteiger partial charge in [0.2, 0.25) is 24.5 Å². The van der Waals surface area contributed by atoms with Crippen LogP contribution in [-0.4, -0.2) is 39.6 Å². The van der Waals surface area contributed by atoms with Crippen LogP contribution < -0.4 is 19.7 Å². The second-order valence-electron chi connectivity index (χ2n) is 7.91. The van der Waals surface area contributed by atoms with E-state index in [9.17, 15) is 9.59 Å². The molecule has 0 bridgehead atoms. The molecule has 0 saturated carbocycles. The van der Waals surface area contributed by atoms with E-state index in [1.54, 1.807) is 45.0 Å². The molecule has 0 spiro atoms. The molecule has 164 valence electrons. The van der Waals surface area contributed by atoms with Crippen molar-refractivity contribution in [2.24, 2.45) is 0 Å². The Labute approximate surface area is 188 Å². The molecule has 2 aromatic carbocycles. The number of thioether (sulfide) groups is 1. The monoisotopic (exact) mass is 452 g/mol. The van der Waals surface area contributed by atoms with Gasteiger partial charge in [0.25, 0.3) is 5.22 Å². The molecule has 5 rings (SSSR count). The van der Waals surface area contributed by atoms with Crippen LogP contribution in [0, 0.1) is 0 Å². The minimum absolute atomic E-state index is 0.178. The van der Waals surface area contributed by atoms with Crippen molar-refractivity contribution in [3.63, 3.8) is 0 Å². The van der Waals surface area contributed by atoms with Gasteiger partial charge in [0.15, 0.2) is 11.5 Å². The minimum Gasteiger partial charge on any atom is -0.454 e. The zero-order valence-corrected chi connectivity index (χ0v) is 18.4. The highest BCUT2D eigenvalue weighted by Gasteiger charge is 2.45. The van der Waals surface area contributed by atoms with Crippen LogP contribution in [0.3, 0.4) is 0 Å². The van der Waals surface area contributed by atoms with Crippen molar-refractivity contribution in [3.05, 3.63) is 42.5 Å². The standard InChI is InChI=1S/C22H20N4O5S/c1-12(19(27)26-15-7-5-4-6-14(15)23-20(28)22(26,2)3)32-21-25-24-18(31-21)13-8-9-16-17(10-13)30-11-29-16/h4-10,12H,11H2,1-3H3,(H,23,28)/t12-/m0/s1. The number of para-hydroxylation sites is 2. The number of rotatable bonds is 4. The second-order valence-corrected chi connectivity index (χ2v) is 9.20. The van der Waals surface area contributed by atoms with E-state index in [1.807, 2.05) is 18.2 Å². The van der Waals surface area contributed by atoms with Crippen LogP contribution in [0.5, 0.6) is 11.5 Å². The minimum atomic E-state index is -1.05. The first kappa shape index (κ1) is 20.4. The summed E-state index contributed by atoms with van der Waals surface area (Å²) >= 11 is 1.14. The molecule has 0 aliphatic carbocycles. The Balaban J connectivity index is 1.37. The predicted octanol–water partition coefficient (Wildman–Crippen LogP) is 3.71. The predicted molar refractivity (Wildman–Crippen MR) is 118 cm³/mol. The van der Waals surface area contributed by atoms with E-state index < -0.39 is 10.8 Å². The fraction of sp³-hybridized carbons (Fsp3) is 0.273. The van der Waals surface area contributed by atoms with Crippen molar-refractivity contribution in [3.8, 4) is 23.0 Å². The number of hydrogen-bond acceptors (Lipinski definition) is 8. The SMILES string of the molecule is C[C@H](Sc1nnc(-c2ccc3c(c2)OCO3)o1)C(=O)N1c2ccccc2NC(=O)C1(C)C. The van der Waals surface area contributed by atoms with Crippen molar-refractivity contribution < 1.29 is 23.5 Å². The third kappa shape index (κ3) is 3.36. The summed E-state index contributed by atoms with van der Waals surface area (Å²) < 4.78 is 16.5. The van der Waals surface area contributed by atoms with Crippen LogP contribution >= 0.6 is 11.8 Å². The van der Waals surface area contributed by atoms with Crippen molar-refractivity contribution in [2.75, 3.05) is 17.0 Å². The first-order valence-corrected chi connectivity index (χ1v) is 10.9. The maximum absolute atomic E-state index is 13.4. The number of nitrogens with one attached hydrogen (secondary N) is 1. The third-order valence-corrected chi connectivity index (χ3v) is 6.30. The van der Waals surface area contributed by atoms with E-state index in [1.165, 1.54) is 4.90 Å². The summed E-state index contributed by atoms with van der Waals surface area (Å²) in [6.07, 6.45) is 0. The highest BCUT2D eigenvalue weighted by molar-refractivity contribution is 8.00. The smallest absolute Gasteiger partial charge is 0.277 e. The summed E-state index contributed by atoms with van der Waals surface area (Å²) in [5.74, 6) is 1.11. The van der Waals surface area contributed by atoms with Gasteiger partial charge in [0.05, 0.1) is 16.6 Å². The summed E-state index contributed by atoms with van der Waals surface area (Å²) in [4.78, 5) is 27.6. The fourth-order valence-corrected chi connectivity index (χ4v) is 4.36. The van der Waals surface area contributed by atoms with Crippen LogP contribution in [0.1, 0.15) is 20.8 Å². The molecule has 0 saturated heterocycles. The van der Waals surface area contributed by atoms with E-state index in [0.29, 0.717) is 34.3 Å². The highest BCUT2D eigenvalue weighted by atomic mass is 32.2. The number of hydrogen-bond donors (Lipinski definition) is 1. The molecule has 10 heteroatoms. The highest BCUT2D eigenvalue weighted by Crippen LogP contribution is 2.39. The van der Waals surface area contributed by atoms with Crippen LogP contribution in [-0.2, 0) is 9.59 Å². The number of anilines is 2. The van der Waals surface area contributed by atoms with Gasteiger partial charge in [-0.3, -0.25) is 14.5 Å². The molecule has 2 aliphatic heterocycles. The zero-order chi connectivity index (χ0) is 22.5. The molecule has 0 unspecified atom stereocenters. The average molecular weight is 452 g/mol. The number of fused-ring (bicyclic) bond motifs is 2. The molecule has 0 radical (unpaired) electrons. The molecule has 1 N–H and O–H groups in total. The lowest BCUT2D eigenvalue weighted by Crippen LogP contribution is -2.60. The summed E-state index contributed by atoms with van der Waals surface area (Å²) in [5.41, 5.74) is 0.897. The van der Waals surface area contributed by atoms with Crippen LogP contribution in [0.25, 0.3) is 11.5 Å². The van der Waals surface area contributed by atoms with E-state index in [0.717, 1.165) is 11.8 Å². The summed E-state index contributed by atoms with van der Waals surface area (Å²) in [6.45, 7) is 5.37. The molecular formula is C22H20N4O5S. The van der Waals surface area contributed by atoms with E-state index in [2.05, 4.69) is 15.5 Å². The van der Waals surface area contributed by atoms with Crippen LogP contribution in [0.4, 0.5) is 11.4 Å². The molecule has 1 aromatic heterocycles. The van der Waals surface area contributed by atoms with Gasteiger partial charge >= 0.3 is 0 Å². The molecule has 32 heavy (non-hydrogen) atoms. The maximum Gasteiger partial charge on any atom is 0.277 e. The quantitative estimate of drug-likeness (QED) is 0.597. The van der Waals surface area contributed by atoms with Crippen molar-refractivity contribution in [2.45, 2.75) is 36.8 Å². The average Bonchev–Trinajstić information content (AvgIpc) is 3.43. The fourth-order valence-electron chi connectivity index (χ4n) is 3.63. The van der Waals surface area contributed by atoms with E-state index >= 15 is 0 Å². The number of amides is 2. The lowest BCUT2D eigenvalue weighted by atomic mass is 9.96. The number of benzene rings is 2. The summed E-state index contributed by atoms with van der Waals surface area (Å²) in [5, 5.41) is 10.7. The number of nitrogens with zero attached hydrogens (tertiary/aromatic N) is 3. The Morgan fingerprint density at radius 2 is 1.94 bits per heavy atom. The molecule has 3 aromatic rings. The Morgan fingerprint density at radius 3 is 2.78 bits per heavy atom. The molecule has 0 fully saturated rings. The number of ether oxygens (including phenoxy) is 2. The number of aromatic nitrogens is 2. The zero-order valence-electron chi connectivity index (χ0n) is 17.6. The molecule has 9 nitrogen and oxygen atoms in total. The molecule has 3 heterocycles. The summed E-state index contributed by atoms with van der Waals surface area (Å²) in [7, 11) is 0. The molecule has 2 aliphatic rings. The number of carbonyl (C=O) groups excluding carboxylic acids is 2. The van der Waals surface area contributed by atoms with Gasteiger partial charge in [0.1, 0.15) is 5.54 Å². The van der Waals surface area contributed by atoms with Crippen LogP contribution in [0.15, 0.2) is 52.1 Å². The van der Waals surface area contributed by atoms with Crippen molar-refractivity contribution in [1.82, 2.24) is 10.2 Å². The van der Waals surface area contributed by atoms with Gasteiger partial charge in [-0.25, -0.2) is 0 Å². The van der Waals surface area contributed by atoms with Crippen molar-refractivity contribution in [1.29, 1.82) is 0 Å². The maximum atomic E-state index is 13.4. The number of carbonyl (C=O) groups is 2. The second kappa shape index (κ2) is 7.56. The van der Waals surface area contributed by atoms with Gasteiger partial charge in [-0.05, 0) is 51.1 Å². The Morgan fingerprint density at radius 1 is 1.16 bits per heavy atom. The Hall–Kier alpha value is -3.53. The first-order valence-electron chi connectivity index (χ1n) is 9.99. The van der Waals surface area contributed by atoms with Gasteiger partial charge in [0, 0.05) is 5.56 Å². The molecule has 1 atom stereocenters. The largest absolute Gasteiger partial charge is 0.454 e. The molecular weight excluding hydrogens is 432 g/mol. The Bertz CT molecular complexity index is 1220.